The van der Waals surface area contributed by atoms with E-state index in [-0.39, 0.29) is 5.75 Å². The molecule has 1 N–H and O–H groups in total. The van der Waals surface area contributed by atoms with Crippen molar-refractivity contribution in [2.75, 3.05) is 0 Å². The number of hydrogen-bond donors (Lipinski definition) is 1. The Balaban J connectivity index is 2.13. The average molecular weight is 361 g/mol. The zero-order valence-electron chi connectivity index (χ0n) is 12.3. The Labute approximate surface area is 138 Å². The summed E-state index contributed by atoms with van der Waals surface area (Å²) < 4.78 is 14.8. The van der Waals surface area contributed by atoms with Crippen molar-refractivity contribution in [2.45, 2.75) is 32.1 Å². The highest BCUT2D eigenvalue weighted by atomic mass is 79.9. The Morgan fingerprint density at radius 2 is 1.55 bits per heavy atom. The predicted molar refractivity (Wildman–Crippen MR) is 91.3 cm³/mol. The topological polar surface area (TPSA) is 20.2 Å². The second-order valence-electron chi connectivity index (χ2n) is 5.71. The molecule has 1 saturated carbocycles. The minimum absolute atomic E-state index is 0.299. The van der Waals surface area contributed by atoms with Gasteiger partial charge in [-0.15, -0.1) is 0 Å². The highest BCUT2D eigenvalue weighted by Gasteiger charge is 2.16. The van der Waals surface area contributed by atoms with Crippen LogP contribution in [-0.4, -0.2) is 5.11 Å². The van der Waals surface area contributed by atoms with Crippen molar-refractivity contribution in [2.24, 2.45) is 0 Å². The Morgan fingerprint density at radius 1 is 0.909 bits per heavy atom. The van der Waals surface area contributed by atoms with Crippen LogP contribution < -0.4 is 0 Å². The second kappa shape index (κ2) is 6.66. The van der Waals surface area contributed by atoms with Crippen LogP contribution in [-0.2, 0) is 0 Å². The number of halogens is 2. The summed E-state index contributed by atoms with van der Waals surface area (Å²) in [5.74, 6) is -0.865. The standard InChI is InChI=1S/C19H18BrFO/c20-16-9-6-14(7-10-16)19(13-4-2-1-3-5-13)15-8-11-18(22)17(21)12-15/h6-12,22H,1-5H2. The van der Waals surface area contributed by atoms with Crippen LogP contribution in [0.3, 0.4) is 0 Å². The molecule has 0 saturated heterocycles. The van der Waals surface area contributed by atoms with Gasteiger partial charge in [0.25, 0.3) is 0 Å². The molecule has 1 fully saturated rings. The lowest BCUT2D eigenvalue weighted by Gasteiger charge is -2.20. The number of allylic oxidation sites excluding steroid dienone is 1. The van der Waals surface area contributed by atoms with E-state index in [4.69, 9.17) is 0 Å². The molecule has 3 heteroatoms. The molecule has 0 heterocycles. The van der Waals surface area contributed by atoms with Crippen molar-refractivity contribution in [3.05, 3.63) is 69.5 Å². The summed E-state index contributed by atoms with van der Waals surface area (Å²) in [5.41, 5.74) is 4.45. The van der Waals surface area contributed by atoms with E-state index in [2.05, 4.69) is 28.1 Å². The van der Waals surface area contributed by atoms with E-state index in [1.54, 1.807) is 6.07 Å². The lowest BCUT2D eigenvalue weighted by molar-refractivity contribution is 0.432. The van der Waals surface area contributed by atoms with Crippen LogP contribution in [0.25, 0.3) is 5.57 Å². The summed E-state index contributed by atoms with van der Waals surface area (Å²) in [4.78, 5) is 0. The molecule has 2 aromatic rings. The molecule has 1 aliphatic rings. The van der Waals surface area contributed by atoms with Gasteiger partial charge in [0.2, 0.25) is 0 Å². The molecular weight excluding hydrogens is 343 g/mol. The summed E-state index contributed by atoms with van der Waals surface area (Å²) >= 11 is 3.46. The molecular formula is C19H18BrFO. The zero-order valence-corrected chi connectivity index (χ0v) is 13.9. The van der Waals surface area contributed by atoms with Gasteiger partial charge in [-0.25, -0.2) is 4.39 Å². The molecule has 114 valence electrons. The van der Waals surface area contributed by atoms with Crippen molar-refractivity contribution in [1.82, 2.24) is 0 Å². The molecule has 2 aromatic carbocycles. The summed E-state index contributed by atoms with van der Waals surface area (Å²) in [6, 6.07) is 12.8. The molecule has 1 nitrogen and oxygen atoms in total. The normalized spacial score (nSPS) is 14.9. The van der Waals surface area contributed by atoms with Gasteiger partial charge >= 0.3 is 0 Å². The van der Waals surface area contributed by atoms with Crippen molar-refractivity contribution in [3.63, 3.8) is 0 Å². The fourth-order valence-electron chi connectivity index (χ4n) is 3.08. The molecule has 3 rings (SSSR count). The zero-order chi connectivity index (χ0) is 15.5. The molecule has 22 heavy (non-hydrogen) atoms. The number of phenolic OH excluding ortho intramolecular Hbond substituents is 1. The van der Waals surface area contributed by atoms with Gasteiger partial charge in [-0.1, -0.05) is 46.1 Å². The smallest absolute Gasteiger partial charge is 0.165 e. The van der Waals surface area contributed by atoms with Crippen LogP contribution >= 0.6 is 15.9 Å². The summed E-state index contributed by atoms with van der Waals surface area (Å²) in [7, 11) is 0. The SMILES string of the molecule is Oc1ccc(C(=C2CCCCC2)c2ccc(Br)cc2)cc1F. The highest BCUT2D eigenvalue weighted by Crippen LogP contribution is 2.36. The maximum Gasteiger partial charge on any atom is 0.165 e. The first-order valence-corrected chi connectivity index (χ1v) is 8.41. The van der Waals surface area contributed by atoms with E-state index in [1.807, 2.05) is 12.1 Å². The Morgan fingerprint density at radius 3 is 2.18 bits per heavy atom. The fourth-order valence-corrected chi connectivity index (χ4v) is 3.35. The van der Waals surface area contributed by atoms with Crippen LogP contribution in [0.1, 0.15) is 43.2 Å². The third-order valence-electron chi connectivity index (χ3n) is 4.18. The van der Waals surface area contributed by atoms with Gasteiger partial charge in [0.05, 0.1) is 0 Å². The van der Waals surface area contributed by atoms with E-state index in [0.29, 0.717) is 0 Å². The Kier molecular flexibility index (Phi) is 4.63. The quantitative estimate of drug-likeness (QED) is 0.689. The number of benzene rings is 2. The number of phenols is 1. The van der Waals surface area contributed by atoms with Crippen LogP contribution in [0.2, 0.25) is 0 Å². The monoisotopic (exact) mass is 360 g/mol. The van der Waals surface area contributed by atoms with E-state index < -0.39 is 5.82 Å². The predicted octanol–water partition coefficient (Wildman–Crippen LogP) is 6.06. The third kappa shape index (κ3) is 3.25. The molecule has 0 bridgehead atoms. The summed E-state index contributed by atoms with van der Waals surface area (Å²) in [5, 5.41) is 9.45. The average Bonchev–Trinajstić information content (AvgIpc) is 2.54. The molecule has 0 aliphatic heterocycles. The van der Waals surface area contributed by atoms with Gasteiger partial charge in [0.1, 0.15) is 0 Å². The molecule has 1 aliphatic carbocycles. The molecule has 0 aromatic heterocycles. The first-order chi connectivity index (χ1) is 10.6. The van der Waals surface area contributed by atoms with Gasteiger partial charge < -0.3 is 5.11 Å². The lowest BCUT2D eigenvalue weighted by Crippen LogP contribution is -2.00. The van der Waals surface area contributed by atoms with Crippen molar-refractivity contribution in [1.29, 1.82) is 0 Å². The number of hydrogen-bond acceptors (Lipinski definition) is 1. The van der Waals surface area contributed by atoms with Gasteiger partial charge in [0.15, 0.2) is 11.6 Å². The Hall–Kier alpha value is -1.61. The minimum Gasteiger partial charge on any atom is -0.505 e. The van der Waals surface area contributed by atoms with Gasteiger partial charge in [-0.3, -0.25) is 0 Å². The van der Waals surface area contributed by atoms with Crippen molar-refractivity contribution in [3.8, 4) is 5.75 Å². The second-order valence-corrected chi connectivity index (χ2v) is 6.63. The van der Waals surface area contributed by atoms with E-state index >= 15 is 0 Å². The maximum absolute atomic E-state index is 13.8. The van der Waals surface area contributed by atoms with E-state index in [0.717, 1.165) is 34.0 Å². The first-order valence-electron chi connectivity index (χ1n) is 7.62. The third-order valence-corrected chi connectivity index (χ3v) is 4.71. The molecule has 0 atom stereocenters. The highest BCUT2D eigenvalue weighted by molar-refractivity contribution is 9.10. The largest absolute Gasteiger partial charge is 0.505 e. The van der Waals surface area contributed by atoms with Gasteiger partial charge in [-0.05, 0) is 66.6 Å². The Bertz CT molecular complexity index is 696. The fraction of sp³-hybridized carbons (Fsp3) is 0.263. The minimum atomic E-state index is -0.566. The first kappa shape index (κ1) is 15.3. The summed E-state index contributed by atoms with van der Waals surface area (Å²) in [6.45, 7) is 0. The molecule has 0 spiro atoms. The number of rotatable bonds is 2. The van der Waals surface area contributed by atoms with Crippen LogP contribution in [0.5, 0.6) is 5.75 Å². The molecule has 0 amide bonds. The van der Waals surface area contributed by atoms with Gasteiger partial charge in [0, 0.05) is 4.47 Å². The maximum atomic E-state index is 13.8. The van der Waals surface area contributed by atoms with Gasteiger partial charge in [-0.2, -0.15) is 0 Å². The summed E-state index contributed by atoms with van der Waals surface area (Å²) in [6.07, 6.45) is 5.77. The van der Waals surface area contributed by atoms with E-state index in [1.165, 1.54) is 37.0 Å². The van der Waals surface area contributed by atoms with Crippen molar-refractivity contribution >= 4 is 21.5 Å². The van der Waals surface area contributed by atoms with Crippen LogP contribution in [0, 0.1) is 5.82 Å². The molecule has 0 radical (unpaired) electrons. The molecule has 0 unspecified atom stereocenters. The van der Waals surface area contributed by atoms with E-state index in [9.17, 15) is 9.50 Å². The lowest BCUT2D eigenvalue weighted by atomic mass is 9.85. The van der Waals surface area contributed by atoms with Crippen molar-refractivity contribution < 1.29 is 9.50 Å². The van der Waals surface area contributed by atoms with Crippen LogP contribution in [0.15, 0.2) is 52.5 Å². The van der Waals surface area contributed by atoms with Crippen LogP contribution in [0.4, 0.5) is 4.39 Å². The number of aromatic hydroxyl groups is 1.